The third-order valence-electron chi connectivity index (χ3n) is 2.14. The summed E-state index contributed by atoms with van der Waals surface area (Å²) in [5, 5.41) is 8.97. The fraction of sp³-hybridized carbons (Fsp3) is 0.200. The van der Waals surface area contributed by atoms with Gasteiger partial charge in [-0.25, -0.2) is 14.3 Å². The van der Waals surface area contributed by atoms with E-state index in [0.717, 1.165) is 7.11 Å². The molecule has 0 aliphatic carbocycles. The van der Waals surface area contributed by atoms with E-state index in [9.17, 15) is 18.0 Å². The predicted molar refractivity (Wildman–Crippen MR) is 66.2 cm³/mol. The van der Waals surface area contributed by atoms with Crippen LogP contribution in [0.2, 0.25) is 0 Å². The molecule has 0 atom stereocenters. The van der Waals surface area contributed by atoms with Gasteiger partial charge in [-0.1, -0.05) is 12.1 Å². The number of rotatable bonds is 4. The molecular weight excluding hydrogens is 276 g/mol. The zero-order chi connectivity index (χ0) is 14.6. The van der Waals surface area contributed by atoms with Crippen molar-refractivity contribution in [1.82, 2.24) is 4.72 Å². The standard InChI is InChI=1S/C10H12N2O6S/c1-6-4-3-5-7(9(13)14)8(6)11-19(16,17)12-10(15)18-2/h3-5,11H,1-2H3,(H,12,15)(H,13,14). The summed E-state index contributed by atoms with van der Waals surface area (Å²) >= 11 is 0. The zero-order valence-corrected chi connectivity index (χ0v) is 10.9. The molecule has 1 aromatic carbocycles. The van der Waals surface area contributed by atoms with Gasteiger partial charge in [0.1, 0.15) is 0 Å². The number of carbonyl (C=O) groups excluding carboxylic acids is 1. The lowest BCUT2D eigenvalue weighted by atomic mass is 10.1. The van der Waals surface area contributed by atoms with Gasteiger partial charge in [0.15, 0.2) is 0 Å². The van der Waals surface area contributed by atoms with Crippen LogP contribution in [0, 0.1) is 6.92 Å². The molecule has 8 nitrogen and oxygen atoms in total. The van der Waals surface area contributed by atoms with E-state index < -0.39 is 22.3 Å². The molecule has 1 aromatic rings. The molecule has 0 aliphatic rings. The molecule has 104 valence electrons. The first-order valence-corrected chi connectivity index (χ1v) is 6.46. The molecule has 19 heavy (non-hydrogen) atoms. The third kappa shape index (κ3) is 3.85. The quantitative estimate of drug-likeness (QED) is 0.750. The Morgan fingerprint density at radius 1 is 1.32 bits per heavy atom. The lowest BCUT2D eigenvalue weighted by Crippen LogP contribution is -2.35. The van der Waals surface area contributed by atoms with Crippen molar-refractivity contribution in [3.63, 3.8) is 0 Å². The minimum absolute atomic E-state index is 0.119. The molecule has 1 rings (SSSR count). The molecule has 0 spiro atoms. The normalized spacial score (nSPS) is 10.6. The van der Waals surface area contributed by atoms with E-state index >= 15 is 0 Å². The molecular formula is C10H12N2O6S. The highest BCUT2D eigenvalue weighted by molar-refractivity contribution is 7.91. The topological polar surface area (TPSA) is 122 Å². The highest BCUT2D eigenvalue weighted by Gasteiger charge is 2.19. The van der Waals surface area contributed by atoms with Gasteiger partial charge in [-0.2, -0.15) is 8.42 Å². The van der Waals surface area contributed by atoms with Gasteiger partial charge in [0, 0.05) is 0 Å². The number of ether oxygens (including phenoxy) is 1. The number of hydrogen-bond acceptors (Lipinski definition) is 5. The maximum Gasteiger partial charge on any atom is 0.422 e. The predicted octanol–water partition coefficient (Wildman–Crippen LogP) is 0.706. The van der Waals surface area contributed by atoms with Crippen molar-refractivity contribution in [3.8, 4) is 0 Å². The first kappa shape index (κ1) is 14.8. The summed E-state index contributed by atoms with van der Waals surface area (Å²) in [4.78, 5) is 21.8. The minimum atomic E-state index is -4.26. The van der Waals surface area contributed by atoms with Crippen LogP contribution in [0.5, 0.6) is 0 Å². The first-order chi connectivity index (χ1) is 8.76. The Labute approximate surface area is 109 Å². The third-order valence-corrected chi connectivity index (χ3v) is 3.05. The van der Waals surface area contributed by atoms with Crippen molar-refractivity contribution in [2.24, 2.45) is 0 Å². The Morgan fingerprint density at radius 3 is 2.47 bits per heavy atom. The number of benzene rings is 1. The average Bonchev–Trinajstić information content (AvgIpc) is 2.30. The van der Waals surface area contributed by atoms with E-state index in [0.29, 0.717) is 5.56 Å². The van der Waals surface area contributed by atoms with Crippen LogP contribution in [0.4, 0.5) is 10.5 Å². The van der Waals surface area contributed by atoms with Crippen LogP contribution >= 0.6 is 0 Å². The molecule has 0 unspecified atom stereocenters. The number of carboxylic acids is 1. The maximum absolute atomic E-state index is 11.6. The Kier molecular flexibility index (Phi) is 4.33. The Hall–Kier alpha value is -2.29. The fourth-order valence-corrected chi connectivity index (χ4v) is 2.19. The maximum atomic E-state index is 11.6. The second-order valence-electron chi connectivity index (χ2n) is 3.50. The Balaban J connectivity index is 3.12. The number of para-hydroxylation sites is 1. The van der Waals surface area contributed by atoms with Gasteiger partial charge in [0.25, 0.3) is 0 Å². The highest BCUT2D eigenvalue weighted by atomic mass is 32.2. The van der Waals surface area contributed by atoms with Crippen molar-refractivity contribution < 1.29 is 27.9 Å². The summed E-state index contributed by atoms with van der Waals surface area (Å²) in [5.74, 6) is -1.29. The van der Waals surface area contributed by atoms with Crippen molar-refractivity contribution in [2.45, 2.75) is 6.92 Å². The van der Waals surface area contributed by atoms with Gasteiger partial charge in [-0.05, 0) is 18.6 Å². The van der Waals surface area contributed by atoms with Crippen LogP contribution in [0.1, 0.15) is 15.9 Å². The van der Waals surface area contributed by atoms with Gasteiger partial charge < -0.3 is 9.84 Å². The highest BCUT2D eigenvalue weighted by Crippen LogP contribution is 2.21. The second kappa shape index (κ2) is 5.57. The molecule has 0 saturated heterocycles. The molecule has 9 heteroatoms. The van der Waals surface area contributed by atoms with Crippen molar-refractivity contribution in [1.29, 1.82) is 0 Å². The Bertz CT molecular complexity index is 610. The zero-order valence-electron chi connectivity index (χ0n) is 10.1. The van der Waals surface area contributed by atoms with Crippen LogP contribution in [0.25, 0.3) is 0 Å². The van der Waals surface area contributed by atoms with E-state index in [1.165, 1.54) is 25.1 Å². The molecule has 1 amide bonds. The van der Waals surface area contributed by atoms with Gasteiger partial charge >= 0.3 is 22.3 Å². The van der Waals surface area contributed by atoms with E-state index in [1.54, 1.807) is 4.72 Å². The summed E-state index contributed by atoms with van der Waals surface area (Å²) in [6.45, 7) is 1.53. The number of anilines is 1. The number of nitrogens with one attached hydrogen (secondary N) is 2. The Morgan fingerprint density at radius 2 is 1.95 bits per heavy atom. The minimum Gasteiger partial charge on any atom is -0.478 e. The molecule has 0 radical (unpaired) electrons. The number of carbonyl (C=O) groups is 2. The summed E-state index contributed by atoms with van der Waals surface area (Å²) in [5.41, 5.74) is 0.0526. The largest absolute Gasteiger partial charge is 0.478 e. The molecule has 0 saturated carbocycles. The SMILES string of the molecule is COC(=O)NS(=O)(=O)Nc1c(C)cccc1C(=O)O. The molecule has 0 aliphatic heterocycles. The number of aryl methyl sites for hydroxylation is 1. The number of methoxy groups -OCH3 is 1. The van der Waals surface area contributed by atoms with Crippen LogP contribution in [-0.2, 0) is 14.9 Å². The van der Waals surface area contributed by atoms with E-state index in [1.807, 2.05) is 4.72 Å². The van der Waals surface area contributed by atoms with Gasteiger partial charge in [0.2, 0.25) is 0 Å². The molecule has 0 fully saturated rings. The molecule has 0 bridgehead atoms. The number of aromatic carboxylic acids is 1. The molecule has 0 aromatic heterocycles. The van der Waals surface area contributed by atoms with E-state index in [-0.39, 0.29) is 11.3 Å². The van der Waals surface area contributed by atoms with Crippen LogP contribution in [0.3, 0.4) is 0 Å². The first-order valence-electron chi connectivity index (χ1n) is 4.98. The number of hydrogen-bond donors (Lipinski definition) is 3. The van der Waals surface area contributed by atoms with Gasteiger partial charge in [-0.15, -0.1) is 0 Å². The lowest BCUT2D eigenvalue weighted by Gasteiger charge is -2.13. The summed E-state index contributed by atoms with van der Waals surface area (Å²) in [7, 11) is -3.26. The average molecular weight is 288 g/mol. The summed E-state index contributed by atoms with van der Waals surface area (Å²) in [6, 6.07) is 4.25. The molecule has 3 N–H and O–H groups in total. The summed E-state index contributed by atoms with van der Waals surface area (Å²) in [6.07, 6.45) is -1.18. The van der Waals surface area contributed by atoms with Gasteiger partial charge in [-0.3, -0.25) is 4.72 Å². The van der Waals surface area contributed by atoms with Crippen molar-refractivity contribution >= 4 is 28.0 Å². The van der Waals surface area contributed by atoms with E-state index in [2.05, 4.69) is 4.74 Å². The van der Waals surface area contributed by atoms with Crippen LogP contribution in [-0.4, -0.2) is 32.7 Å². The molecule has 0 heterocycles. The van der Waals surface area contributed by atoms with Crippen LogP contribution in [0.15, 0.2) is 18.2 Å². The second-order valence-corrected chi connectivity index (χ2v) is 4.92. The van der Waals surface area contributed by atoms with Crippen LogP contribution < -0.4 is 9.44 Å². The van der Waals surface area contributed by atoms with Gasteiger partial charge in [0.05, 0.1) is 18.4 Å². The van der Waals surface area contributed by atoms with Crippen molar-refractivity contribution in [3.05, 3.63) is 29.3 Å². The monoisotopic (exact) mass is 288 g/mol. The smallest absolute Gasteiger partial charge is 0.422 e. The van der Waals surface area contributed by atoms with E-state index in [4.69, 9.17) is 5.11 Å². The fourth-order valence-electron chi connectivity index (χ4n) is 1.29. The lowest BCUT2D eigenvalue weighted by molar-refractivity contribution is 0.0698. The number of amides is 1. The summed E-state index contributed by atoms with van der Waals surface area (Å²) < 4.78 is 30.8. The number of carboxylic acid groups (broad SMARTS) is 1. The van der Waals surface area contributed by atoms with Crippen molar-refractivity contribution in [2.75, 3.05) is 11.8 Å².